The Hall–Kier alpha value is -1.28. The zero-order valence-electron chi connectivity index (χ0n) is 16.7. The number of hydrogen-bond acceptors (Lipinski definition) is 15. The van der Waals surface area contributed by atoms with E-state index in [2.05, 4.69) is 10.6 Å². The molecule has 0 aromatic rings. The summed E-state index contributed by atoms with van der Waals surface area (Å²) in [5, 5.41) is 50.7. The van der Waals surface area contributed by atoms with E-state index < -0.39 is 15.3 Å². The van der Waals surface area contributed by atoms with Gasteiger partial charge in [-0.2, -0.15) is 0 Å². The molecule has 1 saturated heterocycles. The molecule has 0 amide bonds. The zero-order chi connectivity index (χ0) is 23.5. The van der Waals surface area contributed by atoms with Gasteiger partial charge in [-0.15, -0.1) is 0 Å². The van der Waals surface area contributed by atoms with Gasteiger partial charge in [0.15, 0.2) is 0 Å². The Bertz CT molecular complexity index is 295. The fraction of sp³-hybridized carbons (Fsp3) is 1.00. The normalized spacial score (nSPS) is 16.3. The number of nitrogens with one attached hydrogen (secondary N) is 2. The third-order valence-corrected chi connectivity index (χ3v) is 2.44. The molecule has 180 valence electrons. The van der Waals surface area contributed by atoms with Crippen LogP contribution in [0, 0.1) is 87.3 Å². The van der Waals surface area contributed by atoms with Crippen molar-refractivity contribution in [3.05, 3.63) is 46.0 Å². The van der Waals surface area contributed by atoms with Gasteiger partial charge in [0.25, 0.3) is 0 Å². The molecule has 0 radical (unpaired) electrons. The summed E-state index contributed by atoms with van der Waals surface area (Å²) in [6.45, 7) is 8.86. The molecule has 1 fully saturated rings. The number of nitrogens with zero attached hydrogens (tertiary/aromatic N) is 3. The van der Waals surface area contributed by atoms with E-state index in [0.717, 1.165) is 26.2 Å². The number of ether oxygens (including phenoxy) is 4. The van der Waals surface area contributed by atoms with Crippen molar-refractivity contribution < 1.29 is 75.5 Å². The van der Waals surface area contributed by atoms with Gasteiger partial charge in [0.2, 0.25) is 0 Å². The van der Waals surface area contributed by atoms with Gasteiger partial charge in [0.05, 0.1) is 68.1 Å². The Labute approximate surface area is 210 Å². The summed E-state index contributed by atoms with van der Waals surface area (Å²) in [5.74, 6) is 0. The van der Waals surface area contributed by atoms with Gasteiger partial charge >= 0.3 is 41.3 Å². The maximum absolute atomic E-state index is 8.25. The Morgan fingerprint density at radius 3 is 0.774 bits per heavy atom. The molecule has 0 aliphatic carbocycles. The number of hydrogen-bond donors (Lipinski definition) is 2. The Balaban J connectivity index is -0.000000232. The van der Waals surface area contributed by atoms with Crippen LogP contribution in [0.5, 0.6) is 0 Å². The molecule has 0 bridgehead atoms. The van der Waals surface area contributed by atoms with Crippen molar-refractivity contribution in [3.63, 3.8) is 0 Å². The first-order valence-corrected chi connectivity index (χ1v) is 8.37. The van der Waals surface area contributed by atoms with Crippen LogP contribution in [0.15, 0.2) is 0 Å². The molecule has 1 rings (SSSR count). The topological polar surface area (TPSA) is 260 Å². The van der Waals surface area contributed by atoms with E-state index in [1.807, 2.05) is 0 Å². The molecule has 0 unspecified atom stereocenters. The second kappa shape index (κ2) is 33.4. The molecule has 0 saturated carbocycles. The molecule has 0 atom stereocenters. The second-order valence-electron chi connectivity index (χ2n) is 4.62. The van der Waals surface area contributed by atoms with E-state index in [9.17, 15) is 0 Å². The van der Waals surface area contributed by atoms with Crippen molar-refractivity contribution >= 4 is 0 Å². The van der Waals surface area contributed by atoms with Gasteiger partial charge in [-0.05, 0) is 0 Å². The van der Waals surface area contributed by atoms with E-state index in [0.29, 0.717) is 52.9 Å². The summed E-state index contributed by atoms with van der Waals surface area (Å²) < 4.78 is 21.6. The molecular formula is C12H26N5O13Pr. The van der Waals surface area contributed by atoms with Gasteiger partial charge in [0.1, 0.15) is 0 Å². The molecule has 19 heteroatoms. The van der Waals surface area contributed by atoms with Crippen molar-refractivity contribution in [3.8, 4) is 0 Å². The van der Waals surface area contributed by atoms with Gasteiger partial charge in [-0.1, -0.05) is 0 Å². The minimum atomic E-state index is -1.75. The second-order valence-corrected chi connectivity index (χ2v) is 4.62. The summed E-state index contributed by atoms with van der Waals surface area (Å²) in [4.78, 5) is 24.8. The third-order valence-electron chi connectivity index (χ3n) is 2.44. The van der Waals surface area contributed by atoms with Crippen molar-refractivity contribution in [2.75, 3.05) is 79.0 Å². The molecule has 0 spiro atoms. The van der Waals surface area contributed by atoms with Crippen LogP contribution in [0.3, 0.4) is 0 Å². The summed E-state index contributed by atoms with van der Waals surface area (Å²) in [6, 6.07) is 0. The van der Waals surface area contributed by atoms with Crippen molar-refractivity contribution in [2.45, 2.75) is 0 Å². The Morgan fingerprint density at radius 2 is 0.613 bits per heavy atom. The monoisotopic (exact) mass is 589 g/mol. The maximum Gasteiger partial charge on any atom is 3.00 e. The van der Waals surface area contributed by atoms with Crippen LogP contribution in [-0.4, -0.2) is 94.3 Å². The van der Waals surface area contributed by atoms with E-state index >= 15 is 0 Å². The van der Waals surface area contributed by atoms with Gasteiger partial charge < -0.3 is 75.5 Å². The minimum absolute atomic E-state index is 0. The van der Waals surface area contributed by atoms with Crippen LogP contribution < -0.4 is 10.6 Å². The average molecular weight is 589 g/mol. The minimum Gasteiger partial charge on any atom is -0.378 e. The van der Waals surface area contributed by atoms with E-state index in [1.54, 1.807) is 0 Å². The van der Waals surface area contributed by atoms with Gasteiger partial charge in [-0.3, -0.25) is 0 Å². The summed E-state index contributed by atoms with van der Waals surface area (Å²) in [5.41, 5.74) is 0. The van der Waals surface area contributed by atoms with E-state index in [1.165, 1.54) is 0 Å². The molecular weight excluding hydrogens is 563 g/mol. The van der Waals surface area contributed by atoms with Gasteiger partial charge in [0, 0.05) is 26.2 Å². The standard InChI is InChI=1S/C12H26N2O4.3NO3.Pr/c1-5-15-9-10-17-7-3-14-4-8-18-12-11-16-6-2-13-1;3*2-1(3)4;/h13-14H,1-12H2;;;;/q;3*-1;+3. The molecule has 2 N–H and O–H groups in total. The largest absolute Gasteiger partial charge is 3.00 e. The molecule has 1 heterocycles. The zero-order valence-corrected chi connectivity index (χ0v) is 20.4. The Morgan fingerprint density at radius 1 is 0.452 bits per heavy atom. The van der Waals surface area contributed by atoms with Crippen LogP contribution >= 0.6 is 0 Å². The van der Waals surface area contributed by atoms with Crippen molar-refractivity contribution in [1.82, 2.24) is 10.6 Å². The molecule has 18 nitrogen and oxygen atoms in total. The van der Waals surface area contributed by atoms with Crippen LogP contribution in [0.1, 0.15) is 0 Å². The molecule has 0 aromatic carbocycles. The summed E-state index contributed by atoms with van der Waals surface area (Å²) in [7, 11) is 0. The van der Waals surface area contributed by atoms with Gasteiger partial charge in [-0.25, -0.2) is 0 Å². The predicted octanol–water partition coefficient (Wildman–Crippen LogP) is -1.47. The fourth-order valence-electron chi connectivity index (χ4n) is 1.47. The van der Waals surface area contributed by atoms with E-state index in [-0.39, 0.29) is 41.3 Å². The van der Waals surface area contributed by atoms with Crippen LogP contribution in [0.25, 0.3) is 0 Å². The third kappa shape index (κ3) is 73.3. The fourth-order valence-corrected chi connectivity index (χ4v) is 1.47. The van der Waals surface area contributed by atoms with E-state index in [4.69, 9.17) is 64.9 Å². The van der Waals surface area contributed by atoms with Crippen LogP contribution in [-0.2, 0) is 18.9 Å². The molecule has 0 aromatic heterocycles. The first-order chi connectivity index (χ1) is 14.2. The SMILES string of the molecule is C1COCCOCCNCCOCCOCCN1.O=[N+]([O-])[O-].O=[N+]([O-])[O-].O=[N+]([O-])[O-].[Pr+3]. The summed E-state index contributed by atoms with van der Waals surface area (Å²) >= 11 is 0. The average Bonchev–Trinajstić information content (AvgIpc) is 2.60. The quantitative estimate of drug-likeness (QED) is 0.241. The first kappa shape index (κ1) is 37.1. The molecule has 1 aliphatic rings. The number of rotatable bonds is 0. The first-order valence-electron chi connectivity index (χ1n) is 8.37. The maximum atomic E-state index is 8.25. The van der Waals surface area contributed by atoms with Crippen LogP contribution in [0.4, 0.5) is 0 Å². The van der Waals surface area contributed by atoms with Crippen LogP contribution in [0.2, 0.25) is 0 Å². The predicted molar refractivity (Wildman–Crippen MR) is 100 cm³/mol. The van der Waals surface area contributed by atoms with Crippen molar-refractivity contribution in [2.24, 2.45) is 0 Å². The smallest absolute Gasteiger partial charge is 0.378 e. The van der Waals surface area contributed by atoms with Crippen molar-refractivity contribution in [1.29, 1.82) is 0 Å². The Kier molecular flexibility index (Phi) is 39.9. The summed E-state index contributed by atoms with van der Waals surface area (Å²) in [6.07, 6.45) is 0. The molecule has 1 aliphatic heterocycles. The molecule has 31 heavy (non-hydrogen) atoms.